The molecule has 0 amide bonds. The lowest BCUT2D eigenvalue weighted by molar-refractivity contribution is 0.185. The largest absolute Gasteiger partial charge is 0.380 e. The summed E-state index contributed by atoms with van der Waals surface area (Å²) in [5, 5.41) is 0.283. The molecule has 0 spiro atoms. The second-order valence-corrected chi connectivity index (χ2v) is 7.28. The van der Waals surface area contributed by atoms with Crippen molar-refractivity contribution in [2.24, 2.45) is 0 Å². The first-order chi connectivity index (χ1) is 13.1. The number of nitrogens with zero attached hydrogens (tertiary/aromatic N) is 4. The number of hydrogen-bond donors (Lipinski definition) is 1. The molecule has 0 bridgehead atoms. The van der Waals surface area contributed by atoms with Crippen LogP contribution in [0.3, 0.4) is 0 Å². The number of aromatic nitrogens is 5. The third kappa shape index (κ3) is 3.64. The number of H-pyrrole nitrogens is 1. The van der Waals surface area contributed by atoms with E-state index < -0.39 is 16.6 Å². The maximum atomic E-state index is 14.4. The number of fused-ring (bicyclic) bond motifs is 1. The molecule has 1 unspecified atom stereocenters. The van der Waals surface area contributed by atoms with Gasteiger partial charge in [0.15, 0.2) is 5.16 Å². The van der Waals surface area contributed by atoms with Crippen molar-refractivity contribution in [1.29, 1.82) is 0 Å². The molecule has 0 saturated carbocycles. The predicted octanol–water partition coefficient (Wildman–Crippen LogP) is 2.74. The summed E-state index contributed by atoms with van der Waals surface area (Å²) < 4.78 is 33.7. The van der Waals surface area contributed by atoms with Gasteiger partial charge in [-0.3, -0.25) is 9.19 Å². The lowest BCUT2D eigenvalue weighted by atomic mass is 10.2. The molecule has 1 atom stereocenters. The van der Waals surface area contributed by atoms with Crippen molar-refractivity contribution < 1.29 is 13.3 Å². The molecule has 27 heavy (non-hydrogen) atoms. The number of hydrogen-bond acceptors (Lipinski definition) is 5. The van der Waals surface area contributed by atoms with Gasteiger partial charge in [0.25, 0.3) is 0 Å². The van der Waals surface area contributed by atoms with Gasteiger partial charge in [-0.2, -0.15) is 0 Å². The first kappa shape index (κ1) is 17.5. The Morgan fingerprint density at radius 3 is 2.96 bits per heavy atom. The fourth-order valence-corrected chi connectivity index (χ4v) is 3.76. The minimum absolute atomic E-state index is 0.203. The van der Waals surface area contributed by atoms with Crippen LogP contribution in [0.15, 0.2) is 54.3 Å². The maximum Gasteiger partial charge on any atom is 0.197 e. The number of nitrogens with one attached hydrogen (secondary N) is 1. The van der Waals surface area contributed by atoms with E-state index in [0.717, 1.165) is 5.56 Å². The average Bonchev–Trinajstić information content (AvgIpc) is 3.31. The average molecular weight is 385 g/mol. The molecule has 138 valence electrons. The molecular weight excluding hydrogens is 369 g/mol. The van der Waals surface area contributed by atoms with Crippen LogP contribution in [0, 0.1) is 5.82 Å². The zero-order valence-electron chi connectivity index (χ0n) is 14.4. The zero-order valence-corrected chi connectivity index (χ0v) is 15.2. The molecule has 3 heterocycles. The Morgan fingerprint density at radius 1 is 1.30 bits per heavy atom. The van der Waals surface area contributed by atoms with Gasteiger partial charge in [0, 0.05) is 31.8 Å². The SMILES string of the molecule is COCc1ccnc(CS(=O)c2nc3cc(-n4ccnc4)c(F)cc3[nH]2)c1. The lowest BCUT2D eigenvalue weighted by Gasteiger charge is -2.03. The smallest absolute Gasteiger partial charge is 0.197 e. The van der Waals surface area contributed by atoms with Crippen molar-refractivity contribution in [3.8, 4) is 5.69 Å². The number of methoxy groups -OCH3 is 1. The number of halogens is 1. The molecule has 0 saturated heterocycles. The molecule has 3 aromatic heterocycles. The van der Waals surface area contributed by atoms with Gasteiger partial charge in [0.2, 0.25) is 0 Å². The van der Waals surface area contributed by atoms with E-state index in [2.05, 4.69) is 19.9 Å². The second kappa shape index (κ2) is 7.37. The summed E-state index contributed by atoms with van der Waals surface area (Å²) in [5.74, 6) is -0.218. The summed E-state index contributed by atoms with van der Waals surface area (Å²) in [6.45, 7) is 0.461. The number of ether oxygens (including phenoxy) is 1. The highest BCUT2D eigenvalue weighted by Gasteiger charge is 2.15. The van der Waals surface area contributed by atoms with Gasteiger partial charge in [-0.05, 0) is 23.8 Å². The van der Waals surface area contributed by atoms with Crippen molar-refractivity contribution in [2.45, 2.75) is 17.5 Å². The normalized spacial score (nSPS) is 12.5. The molecule has 0 aliphatic heterocycles. The Bertz CT molecular complexity index is 1110. The molecule has 4 rings (SSSR count). The first-order valence-electron chi connectivity index (χ1n) is 8.13. The third-order valence-electron chi connectivity index (χ3n) is 4.00. The van der Waals surface area contributed by atoms with Gasteiger partial charge in [0.1, 0.15) is 5.82 Å². The van der Waals surface area contributed by atoms with Crippen LogP contribution in [0.5, 0.6) is 0 Å². The molecule has 0 radical (unpaired) electrons. The van der Waals surface area contributed by atoms with E-state index in [1.165, 1.54) is 12.4 Å². The van der Waals surface area contributed by atoms with Gasteiger partial charge >= 0.3 is 0 Å². The lowest BCUT2D eigenvalue weighted by Crippen LogP contribution is -2.01. The van der Waals surface area contributed by atoms with Gasteiger partial charge < -0.3 is 14.3 Å². The third-order valence-corrected chi connectivity index (χ3v) is 5.18. The van der Waals surface area contributed by atoms with Crippen LogP contribution in [0.2, 0.25) is 0 Å². The molecule has 4 aromatic rings. The zero-order chi connectivity index (χ0) is 18.8. The minimum atomic E-state index is -1.44. The van der Waals surface area contributed by atoms with Crippen LogP contribution in [0.25, 0.3) is 16.7 Å². The minimum Gasteiger partial charge on any atom is -0.380 e. The first-order valence-corrected chi connectivity index (χ1v) is 9.44. The standard InChI is InChI=1S/C18H16FN5O2S/c1-26-9-12-2-3-21-13(6-12)10-27(25)18-22-15-7-14(19)17(8-16(15)23-18)24-5-4-20-11-24/h2-8,11H,9-10H2,1H3,(H,22,23). The van der Waals surface area contributed by atoms with Crippen LogP contribution in [-0.4, -0.2) is 35.8 Å². The number of benzene rings is 1. The Morgan fingerprint density at radius 2 is 2.19 bits per heavy atom. The number of rotatable bonds is 6. The van der Waals surface area contributed by atoms with Crippen LogP contribution < -0.4 is 0 Å². The predicted molar refractivity (Wildman–Crippen MR) is 98.2 cm³/mol. The molecule has 7 nitrogen and oxygen atoms in total. The van der Waals surface area contributed by atoms with Crippen LogP contribution >= 0.6 is 0 Å². The maximum absolute atomic E-state index is 14.4. The summed E-state index contributed by atoms with van der Waals surface area (Å²) in [6, 6.07) is 6.63. The van der Waals surface area contributed by atoms with E-state index >= 15 is 0 Å². The van der Waals surface area contributed by atoms with Crippen LogP contribution in [-0.2, 0) is 27.9 Å². The topological polar surface area (TPSA) is 85.7 Å². The molecular formula is C18H16FN5O2S. The molecule has 0 fully saturated rings. The van der Waals surface area contributed by atoms with E-state index in [-0.39, 0.29) is 10.9 Å². The quantitative estimate of drug-likeness (QED) is 0.552. The summed E-state index contributed by atoms with van der Waals surface area (Å²) >= 11 is 0. The monoisotopic (exact) mass is 385 g/mol. The summed E-state index contributed by atoms with van der Waals surface area (Å²) in [6.07, 6.45) is 6.38. The number of aromatic amines is 1. The van der Waals surface area contributed by atoms with Crippen molar-refractivity contribution in [2.75, 3.05) is 7.11 Å². The van der Waals surface area contributed by atoms with Crippen LogP contribution in [0.1, 0.15) is 11.3 Å². The van der Waals surface area contributed by atoms with Gasteiger partial charge in [-0.1, -0.05) is 0 Å². The summed E-state index contributed by atoms with van der Waals surface area (Å²) in [5.41, 5.74) is 2.98. The Labute approximate surface area is 156 Å². The molecule has 9 heteroatoms. The van der Waals surface area contributed by atoms with Crippen LogP contribution in [0.4, 0.5) is 4.39 Å². The highest BCUT2D eigenvalue weighted by Crippen LogP contribution is 2.22. The summed E-state index contributed by atoms with van der Waals surface area (Å²) in [4.78, 5) is 15.5. The van der Waals surface area contributed by atoms with Crippen molar-refractivity contribution in [3.05, 3.63) is 66.3 Å². The molecule has 1 N–H and O–H groups in total. The van der Waals surface area contributed by atoms with Crippen molar-refractivity contribution in [1.82, 2.24) is 24.5 Å². The van der Waals surface area contributed by atoms with E-state index in [1.807, 2.05) is 12.1 Å². The fourth-order valence-electron chi connectivity index (χ4n) is 2.77. The van der Waals surface area contributed by atoms with E-state index in [4.69, 9.17) is 4.74 Å². The van der Waals surface area contributed by atoms with Crippen molar-refractivity contribution in [3.63, 3.8) is 0 Å². The van der Waals surface area contributed by atoms with Gasteiger partial charge in [-0.15, -0.1) is 0 Å². The highest BCUT2D eigenvalue weighted by molar-refractivity contribution is 7.84. The fraction of sp³-hybridized carbons (Fsp3) is 0.167. The summed E-state index contributed by atoms with van der Waals surface area (Å²) in [7, 11) is 0.174. The van der Waals surface area contributed by atoms with E-state index in [9.17, 15) is 8.60 Å². The Kier molecular flexibility index (Phi) is 4.78. The molecule has 1 aromatic carbocycles. The molecule has 0 aliphatic carbocycles. The van der Waals surface area contributed by atoms with Gasteiger partial charge in [0.05, 0.1) is 51.9 Å². The van der Waals surface area contributed by atoms with Crippen molar-refractivity contribution >= 4 is 21.8 Å². The van der Waals surface area contributed by atoms with Gasteiger partial charge in [-0.25, -0.2) is 14.4 Å². The number of pyridine rings is 1. The second-order valence-electron chi connectivity index (χ2n) is 5.91. The highest BCUT2D eigenvalue weighted by atomic mass is 32.2. The number of imidazole rings is 2. The van der Waals surface area contributed by atoms with E-state index in [1.54, 1.807) is 36.3 Å². The Balaban J connectivity index is 1.62. The molecule has 0 aliphatic rings. The van der Waals surface area contributed by atoms with E-state index in [0.29, 0.717) is 29.0 Å². The Hall–Kier alpha value is -2.91.